The van der Waals surface area contributed by atoms with Crippen LogP contribution in [0, 0.1) is 5.82 Å². The van der Waals surface area contributed by atoms with Crippen molar-refractivity contribution in [2.45, 2.75) is 6.42 Å². The summed E-state index contributed by atoms with van der Waals surface area (Å²) in [6, 6.07) is 19.5. The summed E-state index contributed by atoms with van der Waals surface area (Å²) in [6.07, 6.45) is -0.0184. The highest BCUT2D eigenvalue weighted by Gasteiger charge is 2.12. The molecule has 2 heterocycles. The monoisotopic (exact) mass is 416 g/mol. The van der Waals surface area contributed by atoms with Crippen molar-refractivity contribution in [3.63, 3.8) is 0 Å². The average Bonchev–Trinajstić information content (AvgIpc) is 2.75. The molecular weight excluding hydrogens is 399 g/mol. The van der Waals surface area contributed by atoms with Gasteiger partial charge in [-0.3, -0.25) is 19.6 Å². The van der Waals surface area contributed by atoms with E-state index in [4.69, 9.17) is 10.5 Å². The van der Waals surface area contributed by atoms with Gasteiger partial charge in [0, 0.05) is 17.3 Å². The first kappa shape index (κ1) is 20.0. The number of carbonyl (C=O) groups is 1. The molecule has 31 heavy (non-hydrogen) atoms. The maximum atomic E-state index is 13.0. The summed E-state index contributed by atoms with van der Waals surface area (Å²) in [6.45, 7) is 0. The zero-order chi connectivity index (χ0) is 21.8. The molecule has 2 aromatic heterocycles. The van der Waals surface area contributed by atoms with E-state index >= 15 is 0 Å². The first-order chi connectivity index (χ1) is 15.0. The van der Waals surface area contributed by atoms with Crippen LogP contribution < -0.4 is 16.0 Å². The van der Waals surface area contributed by atoms with Gasteiger partial charge in [-0.1, -0.05) is 6.07 Å². The number of aromatic nitrogens is 3. The van der Waals surface area contributed by atoms with Gasteiger partial charge in [0.25, 0.3) is 5.56 Å². The smallest absolute Gasteiger partial charge is 0.252 e. The van der Waals surface area contributed by atoms with E-state index in [1.165, 1.54) is 12.1 Å². The number of nitrogens with two attached hydrogens (primary N) is 1. The summed E-state index contributed by atoms with van der Waals surface area (Å²) >= 11 is 0. The molecule has 0 aliphatic rings. The van der Waals surface area contributed by atoms with Gasteiger partial charge in [0.1, 0.15) is 23.0 Å². The van der Waals surface area contributed by atoms with E-state index in [9.17, 15) is 14.0 Å². The molecule has 0 atom stereocenters. The Morgan fingerprint density at radius 2 is 1.65 bits per heavy atom. The summed E-state index contributed by atoms with van der Waals surface area (Å²) in [5.74, 6) is 0.331. The van der Waals surface area contributed by atoms with Crippen LogP contribution in [0.5, 0.6) is 11.5 Å². The van der Waals surface area contributed by atoms with Crippen molar-refractivity contribution in [1.29, 1.82) is 0 Å². The standard InChI is InChI=1S/C23H17FN4O3/c24-15-6-10-18(11-7-15)31-17-8-4-14(5-9-17)19-3-1-2-16(26-19)12-21(29)20-13-22(30)28-23(25)27-20/h1-11,13H,12H2,(H3,25,27,28,30). The summed E-state index contributed by atoms with van der Waals surface area (Å²) < 4.78 is 18.7. The van der Waals surface area contributed by atoms with Crippen LogP contribution in [0.1, 0.15) is 16.2 Å². The fourth-order valence-electron chi connectivity index (χ4n) is 2.95. The lowest BCUT2D eigenvalue weighted by atomic mass is 10.1. The van der Waals surface area contributed by atoms with Gasteiger partial charge >= 0.3 is 0 Å². The van der Waals surface area contributed by atoms with Crippen LogP contribution in [-0.2, 0) is 6.42 Å². The number of hydrogen-bond acceptors (Lipinski definition) is 6. The molecule has 2 aromatic carbocycles. The molecule has 0 saturated carbocycles. The Balaban J connectivity index is 1.49. The van der Waals surface area contributed by atoms with Crippen LogP contribution in [0.4, 0.5) is 10.3 Å². The molecule has 0 spiro atoms. The molecule has 0 radical (unpaired) electrons. The van der Waals surface area contributed by atoms with Gasteiger partial charge < -0.3 is 10.5 Å². The number of benzene rings is 2. The Morgan fingerprint density at radius 3 is 2.32 bits per heavy atom. The molecule has 8 heteroatoms. The van der Waals surface area contributed by atoms with Gasteiger partial charge in [0.2, 0.25) is 5.95 Å². The molecule has 0 bridgehead atoms. The highest BCUT2D eigenvalue weighted by atomic mass is 19.1. The summed E-state index contributed by atoms with van der Waals surface area (Å²) in [7, 11) is 0. The number of pyridine rings is 1. The third-order valence-corrected chi connectivity index (χ3v) is 4.39. The van der Waals surface area contributed by atoms with Gasteiger partial charge in [0.15, 0.2) is 5.78 Å². The number of nitrogens with zero attached hydrogens (tertiary/aromatic N) is 2. The molecule has 154 valence electrons. The van der Waals surface area contributed by atoms with E-state index in [-0.39, 0.29) is 29.7 Å². The normalized spacial score (nSPS) is 10.6. The molecule has 4 aromatic rings. The number of nitrogens with one attached hydrogen (secondary N) is 1. The first-order valence-corrected chi connectivity index (χ1v) is 9.36. The first-order valence-electron chi connectivity index (χ1n) is 9.36. The Bertz CT molecular complexity index is 1290. The van der Waals surface area contributed by atoms with Gasteiger partial charge in [-0.05, 0) is 60.7 Å². The second kappa shape index (κ2) is 8.58. The Kier molecular flexibility index (Phi) is 5.53. The number of H-pyrrole nitrogens is 1. The number of rotatable bonds is 6. The van der Waals surface area contributed by atoms with E-state index in [0.717, 1.165) is 11.6 Å². The van der Waals surface area contributed by atoms with Crippen molar-refractivity contribution in [2.24, 2.45) is 0 Å². The van der Waals surface area contributed by atoms with Crippen molar-refractivity contribution >= 4 is 11.7 Å². The maximum absolute atomic E-state index is 13.0. The largest absolute Gasteiger partial charge is 0.457 e. The Hall–Kier alpha value is -4.33. The fraction of sp³-hybridized carbons (Fsp3) is 0.0435. The van der Waals surface area contributed by atoms with Crippen LogP contribution in [0.2, 0.25) is 0 Å². The van der Waals surface area contributed by atoms with E-state index < -0.39 is 5.56 Å². The van der Waals surface area contributed by atoms with Crippen molar-refractivity contribution in [2.75, 3.05) is 5.73 Å². The average molecular weight is 416 g/mol. The van der Waals surface area contributed by atoms with E-state index in [1.807, 2.05) is 18.2 Å². The second-order valence-corrected chi connectivity index (χ2v) is 6.71. The lowest BCUT2D eigenvalue weighted by molar-refractivity contribution is 0.0987. The lowest BCUT2D eigenvalue weighted by Crippen LogP contribution is -2.16. The van der Waals surface area contributed by atoms with Crippen LogP contribution in [-0.4, -0.2) is 20.7 Å². The van der Waals surface area contributed by atoms with Crippen LogP contribution in [0.3, 0.4) is 0 Å². The molecule has 0 aliphatic carbocycles. The molecule has 7 nitrogen and oxygen atoms in total. The zero-order valence-electron chi connectivity index (χ0n) is 16.2. The topological polar surface area (TPSA) is 111 Å². The lowest BCUT2D eigenvalue weighted by Gasteiger charge is -2.08. The minimum Gasteiger partial charge on any atom is -0.457 e. The summed E-state index contributed by atoms with van der Waals surface area (Å²) in [4.78, 5) is 34.6. The minimum atomic E-state index is -0.486. The zero-order valence-corrected chi connectivity index (χ0v) is 16.2. The molecule has 0 fully saturated rings. The molecule has 0 saturated heterocycles. The second-order valence-electron chi connectivity index (χ2n) is 6.71. The SMILES string of the molecule is Nc1nc(C(=O)Cc2cccc(-c3ccc(Oc4ccc(F)cc4)cc3)n2)cc(=O)[nH]1. The van der Waals surface area contributed by atoms with Crippen LogP contribution in [0.25, 0.3) is 11.3 Å². The number of aromatic amines is 1. The predicted octanol–water partition coefficient (Wildman–Crippen LogP) is 3.77. The summed E-state index contributed by atoms with van der Waals surface area (Å²) in [5.41, 5.74) is 7.05. The summed E-state index contributed by atoms with van der Waals surface area (Å²) in [5, 5.41) is 0. The number of carbonyl (C=O) groups excluding carboxylic acids is 1. The maximum Gasteiger partial charge on any atom is 0.252 e. The molecule has 4 rings (SSSR count). The van der Waals surface area contributed by atoms with Crippen LogP contribution in [0.15, 0.2) is 77.6 Å². The quantitative estimate of drug-likeness (QED) is 0.463. The number of halogens is 1. The van der Waals surface area contributed by atoms with Crippen molar-refractivity contribution in [3.8, 4) is 22.8 Å². The van der Waals surface area contributed by atoms with Gasteiger partial charge in [0.05, 0.1) is 12.1 Å². The predicted molar refractivity (Wildman–Crippen MR) is 113 cm³/mol. The van der Waals surface area contributed by atoms with Crippen molar-refractivity contribution in [3.05, 3.63) is 100 Å². The van der Waals surface area contributed by atoms with E-state index in [1.54, 1.807) is 36.4 Å². The van der Waals surface area contributed by atoms with Gasteiger partial charge in [-0.2, -0.15) is 0 Å². The Morgan fingerprint density at radius 1 is 0.968 bits per heavy atom. The highest BCUT2D eigenvalue weighted by molar-refractivity contribution is 5.95. The third kappa shape index (κ3) is 4.99. The van der Waals surface area contributed by atoms with Crippen molar-refractivity contribution < 1.29 is 13.9 Å². The van der Waals surface area contributed by atoms with E-state index in [2.05, 4.69) is 15.0 Å². The van der Waals surface area contributed by atoms with Gasteiger partial charge in [-0.25, -0.2) is 9.37 Å². The third-order valence-electron chi connectivity index (χ3n) is 4.39. The minimum absolute atomic E-state index is 0.00394. The molecule has 3 N–H and O–H groups in total. The van der Waals surface area contributed by atoms with Gasteiger partial charge in [-0.15, -0.1) is 0 Å². The number of ketones is 1. The molecule has 0 aliphatic heterocycles. The highest BCUT2D eigenvalue weighted by Crippen LogP contribution is 2.25. The number of anilines is 1. The van der Waals surface area contributed by atoms with Crippen LogP contribution >= 0.6 is 0 Å². The van der Waals surface area contributed by atoms with E-state index in [0.29, 0.717) is 22.9 Å². The molecular formula is C23H17FN4O3. The Labute approximate surface area is 176 Å². The number of hydrogen-bond donors (Lipinski definition) is 2. The number of Topliss-reactive ketones (excluding diaryl/α,β-unsaturated/α-hetero) is 1. The molecule has 0 unspecified atom stereocenters. The number of nitrogen functional groups attached to an aromatic ring is 1. The fourth-order valence-corrected chi connectivity index (χ4v) is 2.95. The number of ether oxygens (including phenoxy) is 1. The van der Waals surface area contributed by atoms with Crippen molar-refractivity contribution in [1.82, 2.24) is 15.0 Å². The molecule has 0 amide bonds.